The number of amides is 3. The van der Waals surface area contributed by atoms with Gasteiger partial charge >= 0.3 is 6.03 Å². The Bertz CT molecular complexity index is 1200. The molecule has 11 nitrogen and oxygen atoms in total. The number of nitrogens with one attached hydrogen (secondary N) is 2. The zero-order valence-electron chi connectivity index (χ0n) is 20.8. The van der Waals surface area contributed by atoms with E-state index in [9.17, 15) is 19.6 Å². The molecule has 2 aliphatic rings. The normalized spacial score (nSPS) is 16.5. The Balaban J connectivity index is 1.49. The highest BCUT2D eigenvalue weighted by Crippen LogP contribution is 2.28. The van der Waals surface area contributed by atoms with Gasteiger partial charge in [0.05, 0.1) is 5.56 Å². The zero-order chi connectivity index (χ0) is 26.2. The molecule has 2 aromatic heterocycles. The molecule has 0 bridgehead atoms. The number of urea groups is 1. The molecule has 2 aliphatic heterocycles. The van der Waals surface area contributed by atoms with Gasteiger partial charge in [0, 0.05) is 45.2 Å². The van der Waals surface area contributed by atoms with Gasteiger partial charge in [0.1, 0.15) is 29.5 Å². The Morgan fingerprint density at radius 2 is 2.19 bits per heavy atom. The van der Waals surface area contributed by atoms with Crippen LogP contribution >= 0.6 is 0 Å². The van der Waals surface area contributed by atoms with E-state index in [1.54, 1.807) is 13.2 Å². The number of nitriles is 1. The molecular weight excluding hydrogens is 476 g/mol. The van der Waals surface area contributed by atoms with Gasteiger partial charge < -0.3 is 14.8 Å². The largest absolute Gasteiger partial charge is 0.385 e. The summed E-state index contributed by atoms with van der Waals surface area (Å²) in [4.78, 5) is 47.5. The van der Waals surface area contributed by atoms with Crippen molar-refractivity contribution in [2.45, 2.75) is 51.2 Å². The molecular formula is C26H30N6O5. The van der Waals surface area contributed by atoms with Gasteiger partial charge in [-0.2, -0.15) is 5.26 Å². The molecule has 4 rings (SSSR count). The minimum absolute atomic E-state index is 0.153. The second-order valence-electron chi connectivity index (χ2n) is 8.97. The summed E-state index contributed by atoms with van der Waals surface area (Å²) in [6.07, 6.45) is 5.91. The van der Waals surface area contributed by atoms with E-state index >= 15 is 0 Å². The van der Waals surface area contributed by atoms with E-state index in [4.69, 9.17) is 9.47 Å². The van der Waals surface area contributed by atoms with Crippen molar-refractivity contribution in [1.29, 1.82) is 5.26 Å². The van der Waals surface area contributed by atoms with E-state index in [1.165, 1.54) is 11.1 Å². The van der Waals surface area contributed by atoms with Crippen molar-refractivity contribution >= 4 is 29.9 Å². The van der Waals surface area contributed by atoms with Gasteiger partial charge in [0.15, 0.2) is 6.29 Å². The quantitative estimate of drug-likeness (QED) is 0.390. The first kappa shape index (κ1) is 26.2. The maximum atomic E-state index is 13.2. The molecule has 1 saturated heterocycles. The van der Waals surface area contributed by atoms with Crippen molar-refractivity contribution in [1.82, 2.24) is 15.3 Å². The summed E-state index contributed by atoms with van der Waals surface area (Å²) in [7, 11) is 1.62. The van der Waals surface area contributed by atoms with Crippen LogP contribution in [0.5, 0.6) is 0 Å². The second kappa shape index (κ2) is 12.4. The van der Waals surface area contributed by atoms with E-state index in [2.05, 4.69) is 26.7 Å². The molecule has 194 valence electrons. The van der Waals surface area contributed by atoms with Crippen LogP contribution in [0.2, 0.25) is 0 Å². The Kier molecular flexibility index (Phi) is 8.77. The molecule has 2 aromatic rings. The third kappa shape index (κ3) is 6.28. The van der Waals surface area contributed by atoms with Crippen molar-refractivity contribution in [3.63, 3.8) is 0 Å². The van der Waals surface area contributed by atoms with Crippen LogP contribution in [0.25, 0.3) is 0 Å². The van der Waals surface area contributed by atoms with Crippen LogP contribution in [0.1, 0.15) is 58.4 Å². The van der Waals surface area contributed by atoms with E-state index in [0.717, 1.165) is 24.0 Å². The number of hydrogen-bond donors (Lipinski definition) is 2. The number of methoxy groups -OCH3 is 1. The lowest BCUT2D eigenvalue weighted by molar-refractivity contribution is -0.130. The predicted molar refractivity (Wildman–Crippen MR) is 134 cm³/mol. The van der Waals surface area contributed by atoms with E-state index in [1.807, 2.05) is 6.07 Å². The molecule has 0 unspecified atom stereocenters. The number of hydrogen-bond acceptors (Lipinski definition) is 8. The molecule has 37 heavy (non-hydrogen) atoms. The average molecular weight is 507 g/mol. The van der Waals surface area contributed by atoms with Crippen LogP contribution in [-0.4, -0.2) is 61.2 Å². The molecule has 0 saturated carbocycles. The molecule has 0 spiro atoms. The molecule has 4 heterocycles. The monoisotopic (exact) mass is 506 g/mol. The standard InChI is InChI=1S/C26H30N6O5/c1-36-9-3-6-17-12-23(28-15-20(17)13-27)31-26(35)32-8-2-5-18-11-19(21(16-33)30-24(18)32)14-29-25(34)22-7-4-10-37-22/h11-12,15-16,22H,2-10,14H2,1H3,(H,29,34)(H,28,31,35)/t22-/m1/s1. The molecule has 0 aliphatic carbocycles. The van der Waals surface area contributed by atoms with Crippen LogP contribution in [0.4, 0.5) is 16.4 Å². The minimum Gasteiger partial charge on any atom is -0.385 e. The fourth-order valence-electron chi connectivity index (χ4n) is 4.54. The number of aryl methyl sites for hydroxylation is 2. The third-order valence-corrected chi connectivity index (χ3v) is 6.45. The molecule has 11 heteroatoms. The first-order chi connectivity index (χ1) is 18.0. The van der Waals surface area contributed by atoms with Crippen molar-refractivity contribution in [2.75, 3.05) is 37.1 Å². The second-order valence-corrected chi connectivity index (χ2v) is 8.97. The lowest BCUT2D eigenvalue weighted by atomic mass is 10.0. The highest BCUT2D eigenvalue weighted by molar-refractivity contribution is 6.01. The summed E-state index contributed by atoms with van der Waals surface area (Å²) in [6, 6.07) is 5.23. The number of carbonyl (C=O) groups is 3. The highest BCUT2D eigenvalue weighted by Gasteiger charge is 2.27. The Hall–Kier alpha value is -3.88. The summed E-state index contributed by atoms with van der Waals surface area (Å²) in [5, 5.41) is 15.0. The lowest BCUT2D eigenvalue weighted by Gasteiger charge is -2.29. The first-order valence-electron chi connectivity index (χ1n) is 12.4. The Morgan fingerprint density at radius 3 is 2.92 bits per heavy atom. The summed E-state index contributed by atoms with van der Waals surface area (Å²) in [6.45, 7) is 1.71. The van der Waals surface area contributed by atoms with Gasteiger partial charge in [-0.25, -0.2) is 14.8 Å². The number of anilines is 2. The smallest absolute Gasteiger partial charge is 0.328 e. The van der Waals surface area contributed by atoms with Crippen LogP contribution in [0.3, 0.4) is 0 Å². The summed E-state index contributed by atoms with van der Waals surface area (Å²) in [5.41, 5.74) is 2.81. The van der Waals surface area contributed by atoms with Crippen LogP contribution in [-0.2, 0) is 33.7 Å². The maximum Gasteiger partial charge on any atom is 0.328 e. The van der Waals surface area contributed by atoms with Crippen molar-refractivity contribution in [2.24, 2.45) is 0 Å². The van der Waals surface area contributed by atoms with Gasteiger partial charge in [0.25, 0.3) is 0 Å². The fraction of sp³-hybridized carbons (Fsp3) is 0.462. The van der Waals surface area contributed by atoms with Gasteiger partial charge in [0.2, 0.25) is 5.91 Å². The number of ether oxygens (including phenoxy) is 2. The number of carbonyl (C=O) groups excluding carboxylic acids is 3. The average Bonchev–Trinajstić information content (AvgIpc) is 3.46. The highest BCUT2D eigenvalue weighted by atomic mass is 16.5. The lowest BCUT2D eigenvalue weighted by Crippen LogP contribution is -2.40. The predicted octanol–water partition coefficient (Wildman–Crippen LogP) is 2.52. The van der Waals surface area contributed by atoms with E-state index in [0.29, 0.717) is 74.5 Å². The number of aromatic nitrogens is 2. The summed E-state index contributed by atoms with van der Waals surface area (Å²) >= 11 is 0. The topological polar surface area (TPSA) is 147 Å². The van der Waals surface area contributed by atoms with E-state index < -0.39 is 12.1 Å². The zero-order valence-corrected chi connectivity index (χ0v) is 20.8. The minimum atomic E-state index is -0.458. The summed E-state index contributed by atoms with van der Waals surface area (Å²) < 4.78 is 10.5. The Morgan fingerprint density at radius 1 is 1.32 bits per heavy atom. The number of fused-ring (bicyclic) bond motifs is 1. The van der Waals surface area contributed by atoms with Crippen LogP contribution < -0.4 is 15.5 Å². The molecule has 1 fully saturated rings. The van der Waals surface area contributed by atoms with Crippen molar-refractivity contribution in [3.05, 3.63) is 46.3 Å². The van der Waals surface area contributed by atoms with Gasteiger partial charge in [-0.05, 0) is 61.8 Å². The number of nitrogens with zero attached hydrogens (tertiary/aromatic N) is 4. The van der Waals surface area contributed by atoms with Crippen LogP contribution in [0, 0.1) is 11.3 Å². The van der Waals surface area contributed by atoms with Crippen molar-refractivity contribution < 1.29 is 23.9 Å². The molecule has 0 aromatic carbocycles. The van der Waals surface area contributed by atoms with E-state index in [-0.39, 0.29) is 18.1 Å². The molecule has 3 amide bonds. The van der Waals surface area contributed by atoms with Gasteiger partial charge in [-0.15, -0.1) is 0 Å². The fourth-order valence-corrected chi connectivity index (χ4v) is 4.54. The SMILES string of the molecule is COCCCc1cc(NC(=O)N2CCCc3cc(CNC(=O)[C@H]4CCCO4)c(C=O)nc32)ncc1C#N. The molecule has 0 radical (unpaired) electrons. The van der Waals surface area contributed by atoms with Gasteiger partial charge in [-0.1, -0.05) is 0 Å². The third-order valence-electron chi connectivity index (χ3n) is 6.45. The summed E-state index contributed by atoms with van der Waals surface area (Å²) in [5.74, 6) is 0.534. The van der Waals surface area contributed by atoms with Crippen LogP contribution in [0.15, 0.2) is 18.3 Å². The maximum absolute atomic E-state index is 13.2. The number of pyridine rings is 2. The first-order valence-corrected chi connectivity index (χ1v) is 12.4. The van der Waals surface area contributed by atoms with Gasteiger partial charge in [-0.3, -0.25) is 19.8 Å². The van der Waals surface area contributed by atoms with Crippen molar-refractivity contribution in [3.8, 4) is 6.07 Å². The Labute approximate surface area is 215 Å². The molecule has 2 N–H and O–H groups in total. The molecule has 1 atom stereocenters. The number of rotatable bonds is 9. The number of aldehydes is 1.